The van der Waals surface area contributed by atoms with Gasteiger partial charge in [0.05, 0.1) is 43.7 Å². The summed E-state index contributed by atoms with van der Waals surface area (Å²) < 4.78 is 36.0. The number of aliphatic hydroxyl groups excluding tert-OH is 10. The van der Waals surface area contributed by atoms with Crippen LogP contribution in [-0.4, -0.2) is 186 Å². The van der Waals surface area contributed by atoms with Crippen LogP contribution in [0.2, 0.25) is 0 Å². The Balaban J connectivity index is 1.12. The van der Waals surface area contributed by atoms with Gasteiger partial charge in [-0.25, -0.2) is 0 Å². The summed E-state index contributed by atoms with van der Waals surface area (Å²) in [6, 6.07) is 0. The van der Waals surface area contributed by atoms with Crippen molar-refractivity contribution in [1.82, 2.24) is 0 Å². The fourth-order valence-electron chi connectivity index (χ4n) is 14.2. The first-order valence-electron chi connectivity index (χ1n) is 23.8. The molecule has 3 heterocycles. The van der Waals surface area contributed by atoms with Crippen LogP contribution in [0, 0.1) is 45.3 Å². The first kappa shape index (κ1) is 51.6. The molecule has 11 unspecified atom stereocenters. The van der Waals surface area contributed by atoms with E-state index >= 15 is 0 Å². The van der Waals surface area contributed by atoms with Crippen LogP contribution in [0.15, 0.2) is 11.6 Å². The number of allylic oxidation sites excluding steroid dienone is 2. The van der Waals surface area contributed by atoms with Gasteiger partial charge in [-0.1, -0.05) is 39.3 Å². The zero-order chi connectivity index (χ0) is 47.8. The molecule has 0 amide bonds. The van der Waals surface area contributed by atoms with E-state index in [1.54, 1.807) is 0 Å². The Morgan fingerprint density at radius 1 is 0.738 bits per heavy atom. The minimum absolute atomic E-state index is 0.207. The minimum Gasteiger partial charge on any atom is -0.394 e. The van der Waals surface area contributed by atoms with Crippen molar-refractivity contribution in [3.63, 3.8) is 0 Å². The molecule has 65 heavy (non-hydrogen) atoms. The molecule has 3 aliphatic heterocycles. The number of hydrogen-bond donors (Lipinski definition) is 11. The molecule has 7 aliphatic rings. The van der Waals surface area contributed by atoms with Gasteiger partial charge >= 0.3 is 0 Å². The van der Waals surface area contributed by atoms with Crippen LogP contribution in [0.1, 0.15) is 106 Å². The zero-order valence-corrected chi connectivity index (χ0v) is 39.0. The second-order valence-electron chi connectivity index (χ2n) is 22.1. The monoisotopic (exact) mass is 931 g/mol. The minimum atomic E-state index is -1.67. The van der Waals surface area contributed by atoms with Gasteiger partial charge in [0.15, 0.2) is 18.9 Å². The third kappa shape index (κ3) is 8.74. The quantitative estimate of drug-likeness (QED) is 0.0647. The number of fused-ring (bicyclic) bond motifs is 5. The standard InChI is InChI=1S/C47H78O18/c1-22(2)9-8-13-47(59,21-61-40-37(57)36(56)34(54)27(18-48)63-40)24-10-14-45(7)31(24)25(50)17-29-44(45,6)15-11-28-43(4,5)30(12-16-46(28,29)20-49)64-42-39(33(53)26(51)19-60-42)65-41-38(58)35(55)32(52)23(3)62-41/h9,20,23-42,48,50-59H,8,10-19,21H2,1-7H3/t23-,24?,25?,26-,27+,28?,29?,30?,31?,32-,33-,34+,35+,36-,37+,38+,39+,40+,41?,42-,44?,45?,46?,47?/m0/s1. The van der Waals surface area contributed by atoms with E-state index in [1.807, 2.05) is 19.9 Å². The molecule has 11 N–H and O–H groups in total. The number of carbonyl (C=O) groups is 1. The molecule has 4 saturated carbocycles. The molecule has 0 aromatic carbocycles. The third-order valence-corrected chi connectivity index (χ3v) is 18.1. The molecule has 18 nitrogen and oxygen atoms in total. The van der Waals surface area contributed by atoms with Gasteiger partial charge in [0.1, 0.15) is 67.3 Å². The summed E-state index contributed by atoms with van der Waals surface area (Å²) in [6.07, 6.45) is -13.8. The lowest BCUT2D eigenvalue weighted by atomic mass is 9.35. The highest BCUT2D eigenvalue weighted by Gasteiger charge is 2.73. The number of carbonyl (C=O) groups excluding carboxylic acids is 1. The van der Waals surface area contributed by atoms with Crippen LogP contribution in [0.3, 0.4) is 0 Å². The van der Waals surface area contributed by atoms with Gasteiger partial charge in [0.2, 0.25) is 0 Å². The van der Waals surface area contributed by atoms with Crippen molar-refractivity contribution in [3.05, 3.63) is 11.6 Å². The topological polar surface area (TPSA) is 295 Å². The van der Waals surface area contributed by atoms with E-state index in [0.717, 1.165) is 18.3 Å². The second-order valence-corrected chi connectivity index (χ2v) is 22.1. The maximum atomic E-state index is 14.0. The Morgan fingerprint density at radius 3 is 2.06 bits per heavy atom. The SMILES string of the molecule is CC(C)=CCCC(O)(CO[C@@H]1O[C@H](CO)[C@@H](O)[C@H](O)[C@H]1O)C1CCC2(C)C1C(O)CC1C3(C=O)CCC(O[C@@H]4OC[C@H](O)[C@H](O)[C@H]4OC4O[C@@H](C)[C@H](O)[C@@H](O)[C@H]4O)C(C)(C)C3CCC12C. The number of rotatable bonds is 13. The van der Waals surface area contributed by atoms with Crippen LogP contribution in [0.4, 0.5) is 0 Å². The van der Waals surface area contributed by atoms with Crippen LogP contribution >= 0.6 is 0 Å². The van der Waals surface area contributed by atoms with Gasteiger partial charge < -0.3 is 89.4 Å². The lowest BCUT2D eigenvalue weighted by Crippen LogP contribution is -2.68. The summed E-state index contributed by atoms with van der Waals surface area (Å²) in [5, 5.41) is 120. The molecule has 18 heteroatoms. The lowest BCUT2D eigenvalue weighted by Gasteiger charge is -2.70. The zero-order valence-electron chi connectivity index (χ0n) is 39.0. The lowest BCUT2D eigenvalue weighted by molar-refractivity contribution is -0.364. The molecule has 374 valence electrons. The molecule has 3 saturated heterocycles. The van der Waals surface area contributed by atoms with Gasteiger partial charge in [0.25, 0.3) is 0 Å². The summed E-state index contributed by atoms with van der Waals surface area (Å²) in [6.45, 7) is 12.8. The van der Waals surface area contributed by atoms with Crippen LogP contribution < -0.4 is 0 Å². The number of hydrogen-bond acceptors (Lipinski definition) is 18. The predicted molar refractivity (Wildman–Crippen MR) is 228 cm³/mol. The van der Waals surface area contributed by atoms with E-state index in [0.29, 0.717) is 44.9 Å². The Hall–Kier alpha value is -1.27. The Morgan fingerprint density at radius 2 is 1.40 bits per heavy atom. The number of aldehydes is 1. The van der Waals surface area contributed by atoms with E-state index in [4.69, 9.17) is 28.4 Å². The third-order valence-electron chi connectivity index (χ3n) is 18.1. The smallest absolute Gasteiger partial charge is 0.187 e. The van der Waals surface area contributed by atoms with Crippen molar-refractivity contribution in [2.45, 2.75) is 210 Å². The Kier molecular flexibility index (Phi) is 15.2. The van der Waals surface area contributed by atoms with Crippen LogP contribution in [0.5, 0.6) is 0 Å². The van der Waals surface area contributed by atoms with E-state index < -0.39 is 144 Å². The summed E-state index contributed by atoms with van der Waals surface area (Å²) in [5.74, 6) is -1.30. The normalized spacial score (nSPS) is 51.8. The molecule has 0 spiro atoms. The highest BCUT2D eigenvalue weighted by molar-refractivity contribution is 5.62. The predicted octanol–water partition coefficient (Wildman–Crippen LogP) is -0.209. The summed E-state index contributed by atoms with van der Waals surface area (Å²) >= 11 is 0. The van der Waals surface area contributed by atoms with Crippen molar-refractivity contribution < 1.29 is 89.4 Å². The van der Waals surface area contributed by atoms with Crippen molar-refractivity contribution in [1.29, 1.82) is 0 Å². The fourth-order valence-corrected chi connectivity index (χ4v) is 14.2. The van der Waals surface area contributed by atoms with Crippen molar-refractivity contribution >= 4 is 6.29 Å². The van der Waals surface area contributed by atoms with Gasteiger partial charge in [-0.3, -0.25) is 0 Å². The van der Waals surface area contributed by atoms with E-state index in [9.17, 15) is 61.0 Å². The van der Waals surface area contributed by atoms with Gasteiger partial charge in [-0.2, -0.15) is 0 Å². The molecule has 7 rings (SSSR count). The highest BCUT2D eigenvalue weighted by Crippen LogP contribution is 2.75. The molecule has 0 aromatic heterocycles. The van der Waals surface area contributed by atoms with Crippen molar-refractivity contribution in [3.8, 4) is 0 Å². The molecule has 0 radical (unpaired) electrons. The highest BCUT2D eigenvalue weighted by atomic mass is 16.8. The molecular weight excluding hydrogens is 852 g/mol. The van der Waals surface area contributed by atoms with E-state index in [2.05, 4.69) is 27.7 Å². The number of aliphatic hydroxyl groups is 11. The Bertz CT molecular complexity index is 1680. The average Bonchev–Trinajstić information content (AvgIpc) is 3.65. The maximum Gasteiger partial charge on any atom is 0.187 e. The fraction of sp³-hybridized carbons (Fsp3) is 0.936. The first-order chi connectivity index (χ1) is 30.4. The van der Waals surface area contributed by atoms with Gasteiger partial charge in [-0.05, 0) is 118 Å². The summed E-state index contributed by atoms with van der Waals surface area (Å²) in [4.78, 5) is 14.0. The Labute approximate surface area is 381 Å². The first-order valence-corrected chi connectivity index (χ1v) is 23.8. The molecule has 7 fully saturated rings. The molecule has 4 aliphatic carbocycles. The number of ether oxygens (including phenoxy) is 6. The van der Waals surface area contributed by atoms with Gasteiger partial charge in [0, 0.05) is 5.41 Å². The molecular formula is C47H78O18. The van der Waals surface area contributed by atoms with Gasteiger partial charge in [-0.15, -0.1) is 0 Å². The van der Waals surface area contributed by atoms with Crippen LogP contribution in [-0.2, 0) is 33.2 Å². The second kappa shape index (κ2) is 19.1. The largest absolute Gasteiger partial charge is 0.394 e. The summed E-state index contributed by atoms with van der Waals surface area (Å²) in [7, 11) is 0. The van der Waals surface area contributed by atoms with E-state index in [1.165, 1.54) is 6.92 Å². The molecule has 0 aromatic rings. The van der Waals surface area contributed by atoms with E-state index in [-0.39, 0.29) is 31.5 Å². The summed E-state index contributed by atoms with van der Waals surface area (Å²) in [5.41, 5.74) is -2.97. The maximum absolute atomic E-state index is 14.0. The molecule has 0 bridgehead atoms. The van der Waals surface area contributed by atoms with Crippen LogP contribution in [0.25, 0.3) is 0 Å². The van der Waals surface area contributed by atoms with Crippen molar-refractivity contribution in [2.75, 3.05) is 19.8 Å². The molecule has 24 atom stereocenters. The average molecular weight is 931 g/mol. The van der Waals surface area contributed by atoms with Crippen molar-refractivity contribution in [2.24, 2.45) is 45.3 Å².